The monoisotopic (exact) mass is 484 g/mol. The number of anilines is 1. The molecule has 176 valence electrons. The van der Waals surface area contributed by atoms with E-state index in [4.69, 9.17) is 4.74 Å². The van der Waals surface area contributed by atoms with Crippen molar-refractivity contribution >= 4 is 29.0 Å². The van der Waals surface area contributed by atoms with Crippen LogP contribution in [0.3, 0.4) is 0 Å². The second kappa shape index (κ2) is 10.4. The Morgan fingerprint density at radius 2 is 1.80 bits per heavy atom. The lowest BCUT2D eigenvalue weighted by atomic mass is 10.2. The number of rotatable bonds is 7. The molecule has 35 heavy (non-hydrogen) atoms. The highest BCUT2D eigenvalue weighted by atomic mass is 32.1. The molecule has 0 aliphatic rings. The number of hydrogen-bond acceptors (Lipinski definition) is 6. The Bertz CT molecular complexity index is 1410. The van der Waals surface area contributed by atoms with E-state index in [1.165, 1.54) is 11.3 Å². The quantitative estimate of drug-likeness (QED) is 0.361. The zero-order chi connectivity index (χ0) is 24.9. The summed E-state index contributed by atoms with van der Waals surface area (Å²) in [7, 11) is 0. The number of amides is 1. The fraction of sp³-hybridized carbons (Fsp3) is 0.185. The predicted octanol–water partition coefficient (Wildman–Crippen LogP) is 5.25. The maximum atomic E-state index is 12.7. The van der Waals surface area contributed by atoms with E-state index < -0.39 is 18.5 Å². The van der Waals surface area contributed by atoms with Gasteiger partial charge in [0.05, 0.1) is 5.56 Å². The summed E-state index contributed by atoms with van der Waals surface area (Å²) in [6, 6.07) is 19.8. The number of nitriles is 1. The van der Waals surface area contributed by atoms with E-state index in [-0.39, 0.29) is 5.69 Å². The molecular weight excluding hydrogens is 460 g/mol. The van der Waals surface area contributed by atoms with Gasteiger partial charge in [0.25, 0.3) is 5.91 Å². The molecule has 0 radical (unpaired) electrons. The molecule has 4 aromatic rings. The molecule has 2 aromatic heterocycles. The van der Waals surface area contributed by atoms with Gasteiger partial charge < -0.3 is 14.6 Å². The second-order valence-electron chi connectivity index (χ2n) is 8.15. The molecule has 0 aliphatic carbocycles. The maximum Gasteiger partial charge on any atom is 0.358 e. The normalized spacial score (nSPS) is 10.6. The van der Waals surface area contributed by atoms with Crippen molar-refractivity contribution in [2.24, 2.45) is 0 Å². The van der Waals surface area contributed by atoms with Crippen LogP contribution in [0.5, 0.6) is 0 Å². The van der Waals surface area contributed by atoms with E-state index in [1.54, 1.807) is 5.38 Å². The summed E-state index contributed by atoms with van der Waals surface area (Å²) in [5.41, 5.74) is 5.29. The Balaban J connectivity index is 1.44. The first-order valence-corrected chi connectivity index (χ1v) is 11.9. The number of carbonyl (C=O) groups is 2. The number of nitrogens with zero attached hydrogens (tertiary/aromatic N) is 3. The summed E-state index contributed by atoms with van der Waals surface area (Å²) in [5, 5.41) is 14.8. The van der Waals surface area contributed by atoms with Crippen LogP contribution in [-0.4, -0.2) is 28.0 Å². The minimum absolute atomic E-state index is 0.148. The van der Waals surface area contributed by atoms with Crippen LogP contribution < -0.4 is 5.32 Å². The van der Waals surface area contributed by atoms with Gasteiger partial charge in [0.1, 0.15) is 16.9 Å². The number of aromatic nitrogens is 2. The fourth-order valence-electron chi connectivity index (χ4n) is 3.66. The first-order valence-electron chi connectivity index (χ1n) is 11.0. The molecule has 7 nitrogen and oxygen atoms in total. The molecule has 2 aromatic carbocycles. The molecular formula is C27H24N4O3S. The van der Waals surface area contributed by atoms with Gasteiger partial charge in [0, 0.05) is 23.2 Å². The first-order chi connectivity index (χ1) is 16.9. The van der Waals surface area contributed by atoms with Crippen molar-refractivity contribution in [2.75, 3.05) is 11.9 Å². The molecule has 0 spiro atoms. The summed E-state index contributed by atoms with van der Waals surface area (Å²) in [6.07, 6.45) is 0. The molecule has 0 saturated heterocycles. The maximum absolute atomic E-state index is 12.7. The zero-order valence-electron chi connectivity index (χ0n) is 19.7. The van der Waals surface area contributed by atoms with Gasteiger partial charge in [-0.15, -0.1) is 11.3 Å². The van der Waals surface area contributed by atoms with Crippen LogP contribution in [0.25, 0.3) is 10.6 Å². The van der Waals surface area contributed by atoms with Crippen molar-refractivity contribution in [3.63, 3.8) is 0 Å². The highest BCUT2D eigenvalue weighted by molar-refractivity contribution is 7.13. The van der Waals surface area contributed by atoms with Crippen molar-refractivity contribution in [1.29, 1.82) is 5.26 Å². The van der Waals surface area contributed by atoms with E-state index >= 15 is 0 Å². The Morgan fingerprint density at radius 1 is 1.09 bits per heavy atom. The number of nitrogens with one attached hydrogen (secondary N) is 1. The molecule has 1 N–H and O–H groups in total. The van der Waals surface area contributed by atoms with Crippen LogP contribution >= 0.6 is 11.3 Å². The average molecular weight is 485 g/mol. The lowest BCUT2D eigenvalue weighted by Crippen LogP contribution is -2.23. The summed E-state index contributed by atoms with van der Waals surface area (Å²) in [5.74, 6) is -0.819. The number of hydrogen-bond donors (Lipinski definition) is 1. The second-order valence-corrected chi connectivity index (χ2v) is 9.00. The molecule has 2 heterocycles. The molecule has 0 saturated carbocycles. The zero-order valence-corrected chi connectivity index (χ0v) is 20.5. The van der Waals surface area contributed by atoms with Crippen molar-refractivity contribution in [1.82, 2.24) is 9.55 Å². The summed E-state index contributed by atoms with van der Waals surface area (Å²) in [6.45, 7) is 5.75. The van der Waals surface area contributed by atoms with Crippen LogP contribution in [0.2, 0.25) is 0 Å². The van der Waals surface area contributed by atoms with Crippen molar-refractivity contribution in [2.45, 2.75) is 27.3 Å². The Labute approximate surface area is 207 Å². The molecule has 1 amide bonds. The van der Waals surface area contributed by atoms with Gasteiger partial charge in [0.15, 0.2) is 12.3 Å². The molecule has 4 rings (SSSR count). The smallest absolute Gasteiger partial charge is 0.358 e. The predicted molar refractivity (Wildman–Crippen MR) is 135 cm³/mol. The molecule has 0 fully saturated rings. The van der Waals surface area contributed by atoms with E-state index in [9.17, 15) is 14.9 Å². The number of thiazole rings is 1. The number of esters is 1. The van der Waals surface area contributed by atoms with Crippen LogP contribution in [0, 0.1) is 32.1 Å². The summed E-state index contributed by atoms with van der Waals surface area (Å²) >= 11 is 1.33. The third-order valence-corrected chi connectivity index (χ3v) is 6.62. The van der Waals surface area contributed by atoms with Crippen LogP contribution in [0.15, 0.2) is 60.0 Å². The first kappa shape index (κ1) is 23.9. The molecule has 0 atom stereocenters. The Morgan fingerprint density at radius 3 is 2.49 bits per heavy atom. The lowest BCUT2D eigenvalue weighted by molar-refractivity contribution is -0.119. The number of aryl methyl sites for hydroxylation is 1. The summed E-state index contributed by atoms with van der Waals surface area (Å²) in [4.78, 5) is 29.5. The number of benzene rings is 2. The fourth-order valence-corrected chi connectivity index (χ4v) is 4.46. The van der Waals surface area contributed by atoms with Gasteiger partial charge in [-0.05, 0) is 31.9 Å². The van der Waals surface area contributed by atoms with Gasteiger partial charge in [-0.3, -0.25) is 4.79 Å². The Kier molecular flexibility index (Phi) is 7.09. The highest BCUT2D eigenvalue weighted by Crippen LogP contribution is 2.28. The van der Waals surface area contributed by atoms with Crippen LogP contribution in [0.4, 0.5) is 5.82 Å². The Hall–Kier alpha value is -4.22. The van der Waals surface area contributed by atoms with Crippen LogP contribution in [-0.2, 0) is 16.1 Å². The third kappa shape index (κ3) is 5.31. The molecule has 0 bridgehead atoms. The number of ether oxygens (including phenoxy) is 1. The van der Waals surface area contributed by atoms with Gasteiger partial charge in [-0.25, -0.2) is 9.78 Å². The van der Waals surface area contributed by atoms with E-state index in [0.717, 1.165) is 27.9 Å². The SMILES string of the molecule is Cc1ccc(-c2nc(C(=O)OCC(=O)Nc3c(C#N)c(C)c(C)n3Cc3ccccc3)cs2)cc1. The minimum Gasteiger partial charge on any atom is -0.451 e. The van der Waals surface area contributed by atoms with Gasteiger partial charge in [-0.2, -0.15) is 5.26 Å². The third-order valence-electron chi connectivity index (χ3n) is 5.73. The van der Waals surface area contributed by atoms with Crippen LogP contribution in [0.1, 0.15) is 38.4 Å². The average Bonchev–Trinajstić information content (AvgIpc) is 3.44. The van der Waals surface area contributed by atoms with Crippen molar-refractivity contribution in [3.05, 3.63) is 93.6 Å². The van der Waals surface area contributed by atoms with Crippen molar-refractivity contribution < 1.29 is 14.3 Å². The summed E-state index contributed by atoms with van der Waals surface area (Å²) < 4.78 is 7.09. The van der Waals surface area contributed by atoms with E-state index in [2.05, 4.69) is 16.4 Å². The van der Waals surface area contributed by atoms with Gasteiger partial charge >= 0.3 is 5.97 Å². The van der Waals surface area contributed by atoms with Gasteiger partial charge in [0.2, 0.25) is 0 Å². The standard InChI is InChI=1S/C27H24N4O3S/c1-17-9-11-21(12-10-17)26-29-23(16-35-26)27(33)34-15-24(32)30-25-22(13-28)18(2)19(3)31(25)14-20-7-5-4-6-8-20/h4-12,16H,14-15H2,1-3H3,(H,30,32). The van der Waals surface area contributed by atoms with E-state index in [0.29, 0.717) is 22.9 Å². The minimum atomic E-state index is -0.678. The molecule has 0 aliphatic heterocycles. The molecule has 8 heteroatoms. The lowest BCUT2D eigenvalue weighted by Gasteiger charge is -2.13. The highest BCUT2D eigenvalue weighted by Gasteiger charge is 2.21. The number of carbonyl (C=O) groups excluding carboxylic acids is 2. The topological polar surface area (TPSA) is 97.0 Å². The van der Waals surface area contributed by atoms with Crippen molar-refractivity contribution in [3.8, 4) is 16.6 Å². The van der Waals surface area contributed by atoms with Gasteiger partial charge in [-0.1, -0.05) is 60.2 Å². The largest absolute Gasteiger partial charge is 0.451 e. The van der Waals surface area contributed by atoms with E-state index in [1.807, 2.05) is 79.9 Å². The molecule has 0 unspecified atom stereocenters.